The summed E-state index contributed by atoms with van der Waals surface area (Å²) >= 11 is 1.21. The van der Waals surface area contributed by atoms with Crippen molar-refractivity contribution in [2.24, 2.45) is 5.92 Å². The highest BCUT2D eigenvalue weighted by molar-refractivity contribution is 7.07. The molecule has 1 aliphatic carbocycles. The van der Waals surface area contributed by atoms with Crippen LogP contribution in [0.25, 0.3) is 0 Å². The number of nitrogens with one attached hydrogen (secondary N) is 2. The first-order valence-electron chi connectivity index (χ1n) is 6.80. The Morgan fingerprint density at radius 3 is 2.70 bits per heavy atom. The molecule has 1 atom stereocenters. The second-order valence-electron chi connectivity index (χ2n) is 5.14. The summed E-state index contributed by atoms with van der Waals surface area (Å²) in [6.45, 7) is 0.700. The van der Waals surface area contributed by atoms with Crippen molar-refractivity contribution in [1.82, 2.24) is 10.3 Å². The second kappa shape index (κ2) is 5.81. The van der Waals surface area contributed by atoms with Crippen LogP contribution in [0.5, 0.6) is 5.75 Å². The van der Waals surface area contributed by atoms with Crippen LogP contribution < -0.4 is 14.9 Å². The Morgan fingerprint density at radius 1 is 1.40 bits per heavy atom. The van der Waals surface area contributed by atoms with Crippen molar-refractivity contribution in [3.8, 4) is 5.75 Å². The van der Waals surface area contributed by atoms with Gasteiger partial charge in [-0.3, -0.25) is 4.79 Å². The lowest BCUT2D eigenvalue weighted by Crippen LogP contribution is -2.23. The van der Waals surface area contributed by atoms with E-state index in [2.05, 4.69) is 22.4 Å². The highest BCUT2D eigenvalue weighted by Crippen LogP contribution is 2.41. The van der Waals surface area contributed by atoms with Crippen molar-refractivity contribution in [3.05, 3.63) is 50.6 Å². The number of methoxy groups -OCH3 is 1. The summed E-state index contributed by atoms with van der Waals surface area (Å²) in [4.78, 5) is 14.0. The summed E-state index contributed by atoms with van der Waals surface area (Å²) in [7, 11) is 1.68. The maximum atomic E-state index is 11.1. The summed E-state index contributed by atoms with van der Waals surface area (Å²) in [6, 6.07) is 8.58. The van der Waals surface area contributed by atoms with E-state index in [4.69, 9.17) is 4.74 Å². The molecule has 0 radical (unpaired) electrons. The smallest absolute Gasteiger partial charge is 0.304 e. The maximum absolute atomic E-state index is 11.1. The zero-order valence-corrected chi connectivity index (χ0v) is 12.2. The Balaban J connectivity index is 1.70. The van der Waals surface area contributed by atoms with E-state index in [0.29, 0.717) is 18.5 Å². The van der Waals surface area contributed by atoms with Crippen molar-refractivity contribution in [3.63, 3.8) is 0 Å². The van der Waals surface area contributed by atoms with Crippen molar-refractivity contribution in [2.45, 2.75) is 25.4 Å². The van der Waals surface area contributed by atoms with Gasteiger partial charge in [0.25, 0.3) is 0 Å². The molecule has 2 aromatic rings. The molecule has 0 saturated heterocycles. The number of benzene rings is 1. The number of aromatic nitrogens is 1. The molecule has 0 bridgehead atoms. The van der Waals surface area contributed by atoms with Crippen LogP contribution in [0, 0.1) is 5.92 Å². The number of H-pyrrole nitrogens is 1. The average Bonchev–Trinajstić information content (AvgIpc) is 3.22. The third-order valence-corrected chi connectivity index (χ3v) is 4.37. The van der Waals surface area contributed by atoms with Gasteiger partial charge in [0, 0.05) is 23.7 Å². The quantitative estimate of drug-likeness (QED) is 0.860. The number of hydrogen-bond donors (Lipinski definition) is 2. The lowest BCUT2D eigenvalue weighted by Gasteiger charge is -2.18. The van der Waals surface area contributed by atoms with Gasteiger partial charge in [-0.05, 0) is 36.5 Å². The topological polar surface area (TPSA) is 54.1 Å². The largest absolute Gasteiger partial charge is 0.497 e. The number of thiazole rings is 1. The minimum Gasteiger partial charge on any atom is -0.497 e. The van der Waals surface area contributed by atoms with Crippen LogP contribution in [0.1, 0.15) is 30.1 Å². The van der Waals surface area contributed by atoms with E-state index in [9.17, 15) is 4.79 Å². The Bertz CT molecular complexity index is 613. The summed E-state index contributed by atoms with van der Waals surface area (Å²) in [5, 5.41) is 5.44. The summed E-state index contributed by atoms with van der Waals surface area (Å²) in [5.74, 6) is 1.58. The molecular weight excluding hydrogens is 272 g/mol. The standard InChI is InChI=1S/C15H18N2O2S/c1-19-13-6-4-11(5-7-13)14(10-2-3-10)16-8-12-9-20-15(18)17-12/h4-7,9-10,14,16H,2-3,8H2,1H3,(H,17,18). The molecule has 4 nitrogen and oxygen atoms in total. The first-order valence-corrected chi connectivity index (χ1v) is 7.68. The number of rotatable bonds is 6. The van der Waals surface area contributed by atoms with Crippen LogP contribution in [0.4, 0.5) is 0 Å². The van der Waals surface area contributed by atoms with Gasteiger partial charge in [-0.15, -0.1) is 0 Å². The fourth-order valence-corrected chi connectivity index (χ4v) is 3.00. The minimum absolute atomic E-state index is 0.00854. The zero-order valence-electron chi connectivity index (χ0n) is 11.4. The molecule has 1 heterocycles. The van der Waals surface area contributed by atoms with E-state index < -0.39 is 0 Å². The second-order valence-corrected chi connectivity index (χ2v) is 5.98. The molecule has 1 aromatic carbocycles. The molecule has 1 aliphatic rings. The Labute approximate surface area is 121 Å². The van der Waals surface area contributed by atoms with Crippen molar-refractivity contribution in [1.29, 1.82) is 0 Å². The molecule has 3 rings (SSSR count). The highest BCUT2D eigenvalue weighted by atomic mass is 32.1. The van der Waals surface area contributed by atoms with Gasteiger partial charge < -0.3 is 15.0 Å². The fraction of sp³-hybridized carbons (Fsp3) is 0.400. The van der Waals surface area contributed by atoms with E-state index in [1.807, 2.05) is 17.5 Å². The Morgan fingerprint density at radius 2 is 2.15 bits per heavy atom. The Hall–Kier alpha value is -1.59. The molecule has 1 fully saturated rings. The van der Waals surface area contributed by atoms with Crippen molar-refractivity contribution >= 4 is 11.3 Å². The van der Waals surface area contributed by atoms with Crippen LogP contribution in [-0.2, 0) is 6.54 Å². The molecule has 0 spiro atoms. The van der Waals surface area contributed by atoms with E-state index in [1.165, 1.54) is 29.7 Å². The SMILES string of the molecule is COc1ccc(C(NCc2csc(=O)[nH]2)C2CC2)cc1. The third kappa shape index (κ3) is 3.11. The lowest BCUT2D eigenvalue weighted by atomic mass is 10.0. The number of hydrogen-bond acceptors (Lipinski definition) is 4. The van der Waals surface area contributed by atoms with Gasteiger partial charge in [-0.2, -0.15) is 0 Å². The van der Waals surface area contributed by atoms with Crippen LogP contribution in [0.2, 0.25) is 0 Å². The zero-order chi connectivity index (χ0) is 13.9. The fourth-order valence-electron chi connectivity index (χ4n) is 2.42. The molecule has 1 unspecified atom stereocenters. The molecule has 2 N–H and O–H groups in total. The van der Waals surface area contributed by atoms with E-state index in [-0.39, 0.29) is 4.87 Å². The molecule has 0 aliphatic heterocycles. The predicted octanol–water partition coefficient (Wildman–Crippen LogP) is 2.69. The normalized spacial score (nSPS) is 16.1. The molecule has 20 heavy (non-hydrogen) atoms. The van der Waals surface area contributed by atoms with Gasteiger partial charge in [0.15, 0.2) is 0 Å². The summed E-state index contributed by atoms with van der Waals surface area (Å²) < 4.78 is 5.20. The monoisotopic (exact) mass is 290 g/mol. The maximum Gasteiger partial charge on any atom is 0.304 e. The minimum atomic E-state index is 0.00854. The van der Waals surface area contributed by atoms with E-state index in [1.54, 1.807) is 7.11 Å². The highest BCUT2D eigenvalue weighted by Gasteiger charge is 2.31. The van der Waals surface area contributed by atoms with Gasteiger partial charge >= 0.3 is 4.87 Å². The van der Waals surface area contributed by atoms with Gasteiger partial charge in [-0.25, -0.2) is 0 Å². The van der Waals surface area contributed by atoms with Gasteiger partial charge in [0.05, 0.1) is 7.11 Å². The van der Waals surface area contributed by atoms with Crippen LogP contribution in [0.3, 0.4) is 0 Å². The number of ether oxygens (including phenoxy) is 1. The van der Waals surface area contributed by atoms with Crippen LogP contribution in [0.15, 0.2) is 34.4 Å². The van der Waals surface area contributed by atoms with E-state index in [0.717, 1.165) is 11.4 Å². The van der Waals surface area contributed by atoms with Gasteiger partial charge in [0.2, 0.25) is 0 Å². The van der Waals surface area contributed by atoms with E-state index >= 15 is 0 Å². The van der Waals surface area contributed by atoms with Gasteiger partial charge in [-0.1, -0.05) is 23.5 Å². The van der Waals surface area contributed by atoms with Gasteiger partial charge in [0.1, 0.15) is 5.75 Å². The Kier molecular flexibility index (Phi) is 3.89. The number of aromatic amines is 1. The molecule has 5 heteroatoms. The lowest BCUT2D eigenvalue weighted by molar-refractivity contribution is 0.413. The average molecular weight is 290 g/mol. The first kappa shape index (κ1) is 13.4. The predicted molar refractivity (Wildman–Crippen MR) is 80.2 cm³/mol. The van der Waals surface area contributed by atoms with Crippen molar-refractivity contribution < 1.29 is 4.74 Å². The molecule has 1 saturated carbocycles. The first-order chi connectivity index (χ1) is 9.76. The summed E-state index contributed by atoms with van der Waals surface area (Å²) in [5.41, 5.74) is 2.24. The van der Waals surface area contributed by atoms with Crippen LogP contribution in [-0.4, -0.2) is 12.1 Å². The molecular formula is C15H18N2O2S. The van der Waals surface area contributed by atoms with Crippen LogP contribution >= 0.6 is 11.3 Å². The summed E-state index contributed by atoms with van der Waals surface area (Å²) in [6.07, 6.45) is 2.54. The molecule has 1 aromatic heterocycles. The molecule has 0 amide bonds. The van der Waals surface area contributed by atoms with Crippen molar-refractivity contribution in [2.75, 3.05) is 7.11 Å². The molecule has 106 valence electrons. The third-order valence-electron chi connectivity index (χ3n) is 3.65.